The number of benzene rings is 1. The van der Waals surface area contributed by atoms with Gasteiger partial charge < -0.3 is 5.11 Å². The third-order valence-corrected chi connectivity index (χ3v) is 6.25. The molecule has 1 aromatic carbocycles. The molecule has 21 heavy (non-hydrogen) atoms. The van der Waals surface area contributed by atoms with Crippen LogP contribution in [0.5, 0.6) is 0 Å². The lowest BCUT2D eigenvalue weighted by Crippen LogP contribution is -2.60. The van der Waals surface area contributed by atoms with E-state index in [1.165, 1.54) is 4.90 Å². The van der Waals surface area contributed by atoms with E-state index in [4.69, 9.17) is 0 Å². The first-order valence-corrected chi connectivity index (χ1v) is 8.71. The van der Waals surface area contributed by atoms with E-state index in [9.17, 15) is 14.7 Å². The van der Waals surface area contributed by atoms with Gasteiger partial charge in [-0.1, -0.05) is 25.1 Å². The number of carboxylic acids is 1. The summed E-state index contributed by atoms with van der Waals surface area (Å²) in [5.41, 5.74) is 1.03. The minimum Gasteiger partial charge on any atom is -0.477 e. The normalized spacial score (nSPS) is 24.6. The van der Waals surface area contributed by atoms with E-state index < -0.39 is 5.97 Å². The van der Waals surface area contributed by atoms with Crippen LogP contribution in [0, 0.1) is 5.92 Å². The fourth-order valence-electron chi connectivity index (χ4n) is 2.54. The highest BCUT2D eigenvalue weighted by Gasteiger charge is 2.50. The van der Waals surface area contributed by atoms with Crippen LogP contribution in [0.15, 0.2) is 46.5 Å². The van der Waals surface area contributed by atoms with Gasteiger partial charge >= 0.3 is 5.97 Å². The van der Waals surface area contributed by atoms with Crippen molar-refractivity contribution in [1.82, 2.24) is 4.90 Å². The first-order valence-electron chi connectivity index (χ1n) is 6.67. The van der Waals surface area contributed by atoms with E-state index in [-0.39, 0.29) is 22.9 Å². The largest absolute Gasteiger partial charge is 0.477 e. The van der Waals surface area contributed by atoms with Gasteiger partial charge in [0.05, 0.1) is 11.3 Å². The Morgan fingerprint density at radius 2 is 2.14 bits per heavy atom. The maximum atomic E-state index is 11.9. The van der Waals surface area contributed by atoms with Crippen LogP contribution >= 0.6 is 23.5 Å². The fraction of sp³-hybridized carbons (Fsp3) is 0.333. The summed E-state index contributed by atoms with van der Waals surface area (Å²) < 4.78 is 0. The Hall–Kier alpha value is -1.40. The summed E-state index contributed by atoms with van der Waals surface area (Å²) in [5, 5.41) is 9.46. The molecule has 0 radical (unpaired) electrons. The van der Waals surface area contributed by atoms with Gasteiger partial charge in [-0.05, 0) is 17.7 Å². The zero-order chi connectivity index (χ0) is 15.0. The first kappa shape index (κ1) is 14.5. The number of hydrogen-bond acceptors (Lipinski definition) is 4. The number of fused-ring (bicyclic) bond motifs is 1. The van der Waals surface area contributed by atoms with Gasteiger partial charge in [-0.2, -0.15) is 0 Å². The molecule has 1 N–H and O–H groups in total. The van der Waals surface area contributed by atoms with Gasteiger partial charge in [-0.3, -0.25) is 9.69 Å². The highest BCUT2D eigenvalue weighted by molar-refractivity contribution is 8.01. The van der Waals surface area contributed by atoms with Crippen LogP contribution in [0.3, 0.4) is 0 Å². The Bertz CT molecular complexity index is 615. The summed E-state index contributed by atoms with van der Waals surface area (Å²) in [4.78, 5) is 26.0. The molecule has 1 fully saturated rings. The summed E-state index contributed by atoms with van der Waals surface area (Å²) in [6, 6.07) is 9.87. The second-order valence-corrected chi connectivity index (χ2v) is 7.21. The van der Waals surface area contributed by atoms with Crippen LogP contribution in [0.2, 0.25) is 0 Å². The Kier molecular flexibility index (Phi) is 3.99. The second-order valence-electron chi connectivity index (χ2n) is 5.06. The summed E-state index contributed by atoms with van der Waals surface area (Å²) in [6.07, 6.45) is 0. The Morgan fingerprint density at radius 1 is 1.43 bits per heavy atom. The minimum atomic E-state index is -0.996. The molecule has 2 aliphatic rings. The number of carboxylic acid groups (broad SMARTS) is 1. The van der Waals surface area contributed by atoms with Gasteiger partial charge in [0.1, 0.15) is 5.70 Å². The van der Waals surface area contributed by atoms with E-state index in [0.29, 0.717) is 11.5 Å². The number of thioether (sulfide) groups is 2. The number of hydrogen-bond donors (Lipinski definition) is 1. The zero-order valence-electron chi connectivity index (χ0n) is 11.5. The number of nitrogens with zero attached hydrogens (tertiary/aromatic N) is 1. The molecule has 0 spiro atoms. The Morgan fingerprint density at radius 3 is 2.81 bits per heavy atom. The number of aliphatic carboxylic acids is 1. The van der Waals surface area contributed by atoms with Gasteiger partial charge in [-0.15, -0.1) is 23.5 Å². The minimum absolute atomic E-state index is 0.00549. The predicted octanol–water partition coefficient (Wildman–Crippen LogP) is 2.67. The molecular weight excluding hydrogens is 306 g/mol. The smallest absolute Gasteiger partial charge is 0.352 e. The van der Waals surface area contributed by atoms with Crippen LogP contribution < -0.4 is 0 Å². The lowest BCUT2D eigenvalue weighted by atomic mass is 9.98. The van der Waals surface area contributed by atoms with Crippen molar-refractivity contribution in [2.45, 2.75) is 17.2 Å². The molecule has 4 nitrogen and oxygen atoms in total. The lowest BCUT2D eigenvalue weighted by Gasteiger charge is -2.48. The van der Waals surface area contributed by atoms with Crippen molar-refractivity contribution in [2.75, 3.05) is 11.5 Å². The molecule has 110 valence electrons. The van der Waals surface area contributed by atoms with Crippen LogP contribution in [0.4, 0.5) is 0 Å². The molecule has 1 saturated heterocycles. The third kappa shape index (κ3) is 2.58. The maximum absolute atomic E-state index is 11.9. The highest BCUT2D eigenvalue weighted by atomic mass is 32.2. The van der Waals surface area contributed by atoms with Crippen LogP contribution in [-0.2, 0) is 9.59 Å². The summed E-state index contributed by atoms with van der Waals surface area (Å²) in [7, 11) is 0. The Labute approximate surface area is 131 Å². The number of rotatable bonds is 4. The van der Waals surface area contributed by atoms with Gasteiger partial charge in [0.2, 0.25) is 5.91 Å². The lowest BCUT2D eigenvalue weighted by molar-refractivity contribution is -0.151. The van der Waals surface area contributed by atoms with Crippen molar-refractivity contribution in [1.29, 1.82) is 0 Å². The van der Waals surface area contributed by atoms with Crippen LogP contribution in [-0.4, -0.2) is 38.8 Å². The van der Waals surface area contributed by atoms with Crippen molar-refractivity contribution in [3.8, 4) is 0 Å². The van der Waals surface area contributed by atoms with E-state index in [2.05, 4.69) is 0 Å². The molecule has 2 unspecified atom stereocenters. The number of amides is 1. The first-order chi connectivity index (χ1) is 10.1. The predicted molar refractivity (Wildman–Crippen MR) is 84.1 cm³/mol. The molecule has 6 heteroatoms. The molecule has 2 atom stereocenters. The standard InChI is InChI=1S/C15H15NO3S2/c1-9-13(17)16-12(15(18)19)10(8-21-14(9)16)7-20-11-5-3-2-4-6-11/h2-6,9,14H,7-8H2,1H3,(H,18,19). The van der Waals surface area contributed by atoms with E-state index >= 15 is 0 Å². The van der Waals surface area contributed by atoms with E-state index in [0.717, 1.165) is 10.5 Å². The topological polar surface area (TPSA) is 57.6 Å². The van der Waals surface area contributed by atoms with Gasteiger partial charge in [0, 0.05) is 16.4 Å². The van der Waals surface area contributed by atoms with Crippen molar-refractivity contribution < 1.29 is 14.7 Å². The molecule has 0 aromatic heterocycles. The van der Waals surface area contributed by atoms with Gasteiger partial charge in [0.15, 0.2) is 0 Å². The second kappa shape index (κ2) is 5.77. The molecule has 0 saturated carbocycles. The van der Waals surface area contributed by atoms with Crippen molar-refractivity contribution in [3.05, 3.63) is 41.6 Å². The average molecular weight is 321 g/mol. The van der Waals surface area contributed by atoms with Gasteiger partial charge in [-0.25, -0.2) is 4.79 Å². The molecule has 0 bridgehead atoms. The monoisotopic (exact) mass is 321 g/mol. The fourth-order valence-corrected chi connectivity index (χ4v) is 4.97. The SMILES string of the molecule is CC1C(=O)N2C(C(=O)O)=C(CSc3ccccc3)CSC12. The molecule has 1 aromatic rings. The van der Waals surface area contributed by atoms with E-state index in [1.54, 1.807) is 23.5 Å². The van der Waals surface area contributed by atoms with Crippen molar-refractivity contribution in [2.24, 2.45) is 5.92 Å². The zero-order valence-corrected chi connectivity index (χ0v) is 13.1. The van der Waals surface area contributed by atoms with Gasteiger partial charge in [0.25, 0.3) is 0 Å². The summed E-state index contributed by atoms with van der Waals surface area (Å²) in [6.45, 7) is 1.86. The molecule has 1 amide bonds. The number of carbonyl (C=O) groups excluding carboxylic acids is 1. The summed E-state index contributed by atoms with van der Waals surface area (Å²) >= 11 is 3.26. The summed E-state index contributed by atoms with van der Waals surface area (Å²) in [5.74, 6) is 0.132. The number of carbonyl (C=O) groups is 2. The van der Waals surface area contributed by atoms with Crippen LogP contribution in [0.1, 0.15) is 6.92 Å². The molecule has 0 aliphatic carbocycles. The molecule has 2 heterocycles. The quantitative estimate of drug-likeness (QED) is 0.682. The molecular formula is C15H15NO3S2. The van der Waals surface area contributed by atoms with Crippen molar-refractivity contribution >= 4 is 35.4 Å². The highest BCUT2D eigenvalue weighted by Crippen LogP contribution is 2.44. The maximum Gasteiger partial charge on any atom is 0.352 e. The average Bonchev–Trinajstić information content (AvgIpc) is 2.52. The third-order valence-electron chi connectivity index (χ3n) is 3.67. The molecule has 2 aliphatic heterocycles. The van der Waals surface area contributed by atoms with Crippen LogP contribution in [0.25, 0.3) is 0 Å². The van der Waals surface area contributed by atoms with Crippen molar-refractivity contribution in [3.63, 3.8) is 0 Å². The van der Waals surface area contributed by atoms with E-state index in [1.807, 2.05) is 37.3 Å². The Balaban J connectivity index is 1.81. The molecule has 3 rings (SSSR count). The number of β-lactam (4-membered cyclic amide) rings is 1.